The van der Waals surface area contributed by atoms with Crippen molar-refractivity contribution < 1.29 is 19.2 Å². The summed E-state index contributed by atoms with van der Waals surface area (Å²) in [4.78, 5) is 28.3. The molecule has 0 aromatic rings. The molecule has 14 heavy (non-hydrogen) atoms. The van der Waals surface area contributed by atoms with Gasteiger partial charge in [-0.1, -0.05) is 5.16 Å². The first-order chi connectivity index (χ1) is 6.70. The monoisotopic (exact) mass is 200 g/mol. The van der Waals surface area contributed by atoms with E-state index in [4.69, 9.17) is 0 Å². The molecule has 0 radical (unpaired) electrons. The van der Waals surface area contributed by atoms with Crippen LogP contribution in [-0.4, -0.2) is 43.4 Å². The van der Waals surface area contributed by atoms with Crippen LogP contribution in [0, 0.1) is 0 Å². The van der Waals surface area contributed by atoms with Gasteiger partial charge in [-0.2, -0.15) is 0 Å². The topological polar surface area (TPSA) is 68.2 Å². The first-order valence-electron chi connectivity index (χ1n) is 4.20. The Morgan fingerprint density at radius 2 is 2.21 bits per heavy atom. The first-order valence-corrected chi connectivity index (χ1v) is 4.20. The van der Waals surface area contributed by atoms with Gasteiger partial charge in [-0.05, 0) is 6.42 Å². The molecule has 0 saturated carbocycles. The molecule has 0 bridgehead atoms. The molecule has 0 N–H and O–H groups in total. The average Bonchev–Trinajstić information content (AvgIpc) is 2.60. The maximum atomic E-state index is 11.3. The minimum atomic E-state index is -0.665. The number of hydrogen-bond acceptors (Lipinski definition) is 5. The van der Waals surface area contributed by atoms with Crippen LogP contribution < -0.4 is 0 Å². The van der Waals surface area contributed by atoms with Crippen LogP contribution >= 0.6 is 0 Å². The summed E-state index contributed by atoms with van der Waals surface area (Å²) < 4.78 is 4.48. The fourth-order valence-corrected chi connectivity index (χ4v) is 1.25. The Morgan fingerprint density at radius 3 is 2.64 bits per heavy atom. The number of ether oxygens (including phenoxy) is 1. The second-order valence-corrected chi connectivity index (χ2v) is 2.74. The molecule has 1 aliphatic heterocycles. The summed E-state index contributed by atoms with van der Waals surface area (Å²) in [7, 11) is 2.54. The molecule has 1 heterocycles. The zero-order chi connectivity index (χ0) is 10.6. The number of amides is 1. The fraction of sp³-hybridized carbons (Fsp3) is 0.625. The lowest BCUT2D eigenvalue weighted by molar-refractivity contribution is -0.135. The Balaban J connectivity index is 2.82. The van der Waals surface area contributed by atoms with Gasteiger partial charge in [-0.25, -0.2) is 4.79 Å². The van der Waals surface area contributed by atoms with Crippen molar-refractivity contribution in [1.29, 1.82) is 0 Å². The van der Waals surface area contributed by atoms with Gasteiger partial charge in [0.05, 0.1) is 7.11 Å². The van der Waals surface area contributed by atoms with E-state index >= 15 is 0 Å². The summed E-state index contributed by atoms with van der Waals surface area (Å²) in [5, 5.41) is 3.47. The first kappa shape index (κ1) is 10.5. The van der Waals surface area contributed by atoms with Gasteiger partial charge >= 0.3 is 5.97 Å². The SMILES string of the molecule is CO/N=C(/C(=O)OC)N1CCCC1=O. The van der Waals surface area contributed by atoms with Crippen molar-refractivity contribution in [3.8, 4) is 0 Å². The van der Waals surface area contributed by atoms with Crippen LogP contribution in [0.4, 0.5) is 0 Å². The number of rotatable bonds is 1. The van der Waals surface area contributed by atoms with E-state index < -0.39 is 5.97 Å². The van der Waals surface area contributed by atoms with E-state index in [-0.39, 0.29) is 11.7 Å². The van der Waals surface area contributed by atoms with Gasteiger partial charge in [-0.15, -0.1) is 0 Å². The van der Waals surface area contributed by atoms with E-state index in [0.29, 0.717) is 13.0 Å². The predicted molar refractivity (Wildman–Crippen MR) is 47.4 cm³/mol. The molecule has 78 valence electrons. The van der Waals surface area contributed by atoms with Gasteiger partial charge in [-0.3, -0.25) is 9.69 Å². The number of nitrogens with zero attached hydrogens (tertiary/aromatic N) is 2. The van der Waals surface area contributed by atoms with E-state index in [1.165, 1.54) is 19.1 Å². The molecule has 1 aliphatic rings. The predicted octanol–water partition coefficient (Wildman–Crippen LogP) is -0.258. The number of amidine groups is 1. The molecular weight excluding hydrogens is 188 g/mol. The maximum absolute atomic E-state index is 11.3. The third-order valence-corrected chi connectivity index (χ3v) is 1.87. The van der Waals surface area contributed by atoms with Gasteiger partial charge < -0.3 is 9.57 Å². The summed E-state index contributed by atoms with van der Waals surface area (Å²) in [6.45, 7) is 0.482. The highest BCUT2D eigenvalue weighted by Crippen LogP contribution is 2.11. The van der Waals surface area contributed by atoms with Crippen molar-refractivity contribution in [1.82, 2.24) is 4.90 Å². The van der Waals surface area contributed by atoms with E-state index in [2.05, 4.69) is 14.7 Å². The number of oxime groups is 1. The van der Waals surface area contributed by atoms with Crippen LogP contribution in [0.5, 0.6) is 0 Å². The Hall–Kier alpha value is -1.59. The Kier molecular flexibility index (Phi) is 3.44. The van der Waals surface area contributed by atoms with Crippen LogP contribution in [0.2, 0.25) is 0 Å². The summed E-state index contributed by atoms with van der Waals surface area (Å²) >= 11 is 0. The molecule has 6 heteroatoms. The molecule has 0 aromatic carbocycles. The minimum Gasteiger partial charge on any atom is -0.463 e. The zero-order valence-electron chi connectivity index (χ0n) is 8.15. The Labute approximate surface area is 81.4 Å². The van der Waals surface area contributed by atoms with Gasteiger partial charge in [0.2, 0.25) is 5.91 Å². The highest BCUT2D eigenvalue weighted by molar-refractivity contribution is 6.38. The van der Waals surface area contributed by atoms with Crippen LogP contribution in [0.15, 0.2) is 5.16 Å². The van der Waals surface area contributed by atoms with Crippen LogP contribution in [0.1, 0.15) is 12.8 Å². The highest BCUT2D eigenvalue weighted by atomic mass is 16.6. The van der Waals surface area contributed by atoms with Crippen LogP contribution in [-0.2, 0) is 19.2 Å². The van der Waals surface area contributed by atoms with E-state index in [1.807, 2.05) is 0 Å². The number of carbonyl (C=O) groups is 2. The Morgan fingerprint density at radius 1 is 1.50 bits per heavy atom. The zero-order valence-corrected chi connectivity index (χ0v) is 8.15. The largest absolute Gasteiger partial charge is 0.463 e. The second kappa shape index (κ2) is 4.59. The van der Waals surface area contributed by atoms with E-state index in [1.54, 1.807) is 0 Å². The molecule has 1 amide bonds. The molecule has 1 fully saturated rings. The van der Waals surface area contributed by atoms with Gasteiger partial charge in [0, 0.05) is 13.0 Å². The molecule has 0 aromatic heterocycles. The van der Waals surface area contributed by atoms with Crippen LogP contribution in [0.3, 0.4) is 0 Å². The summed E-state index contributed by atoms with van der Waals surface area (Å²) in [6, 6.07) is 0. The standard InChI is InChI=1S/C8H12N2O4/c1-13-8(12)7(9-14-2)10-5-3-4-6(10)11/h3-5H2,1-2H3/b9-7-. The normalized spacial score (nSPS) is 17.1. The number of hydrogen-bond donors (Lipinski definition) is 0. The van der Waals surface area contributed by atoms with Crippen molar-refractivity contribution in [2.45, 2.75) is 12.8 Å². The van der Waals surface area contributed by atoms with Gasteiger partial charge in [0.1, 0.15) is 7.11 Å². The van der Waals surface area contributed by atoms with Gasteiger partial charge in [0.25, 0.3) is 5.84 Å². The maximum Gasteiger partial charge on any atom is 0.377 e. The summed E-state index contributed by atoms with van der Waals surface area (Å²) in [6.07, 6.45) is 1.15. The van der Waals surface area contributed by atoms with Crippen molar-refractivity contribution >= 4 is 17.7 Å². The fourth-order valence-electron chi connectivity index (χ4n) is 1.25. The molecule has 0 atom stereocenters. The van der Waals surface area contributed by atoms with E-state index in [0.717, 1.165) is 6.42 Å². The molecule has 1 saturated heterocycles. The van der Waals surface area contributed by atoms with Crippen LogP contribution in [0.25, 0.3) is 0 Å². The lowest BCUT2D eigenvalue weighted by Gasteiger charge is -2.14. The number of likely N-dealkylation sites (tertiary alicyclic amines) is 1. The molecular formula is C8H12N2O4. The van der Waals surface area contributed by atoms with Crippen molar-refractivity contribution in [3.63, 3.8) is 0 Å². The van der Waals surface area contributed by atoms with Crippen molar-refractivity contribution in [2.24, 2.45) is 5.16 Å². The number of esters is 1. The van der Waals surface area contributed by atoms with E-state index in [9.17, 15) is 9.59 Å². The second-order valence-electron chi connectivity index (χ2n) is 2.74. The van der Waals surface area contributed by atoms with Crippen molar-refractivity contribution in [3.05, 3.63) is 0 Å². The molecule has 0 aliphatic carbocycles. The number of methoxy groups -OCH3 is 1. The lowest BCUT2D eigenvalue weighted by Crippen LogP contribution is -2.38. The minimum absolute atomic E-state index is 0.0856. The number of carbonyl (C=O) groups excluding carboxylic acids is 2. The summed E-state index contributed by atoms with van der Waals surface area (Å²) in [5.74, 6) is -0.884. The lowest BCUT2D eigenvalue weighted by atomic mass is 10.4. The third-order valence-electron chi connectivity index (χ3n) is 1.87. The van der Waals surface area contributed by atoms with Crippen molar-refractivity contribution in [2.75, 3.05) is 20.8 Å². The molecule has 0 unspecified atom stereocenters. The Bertz CT molecular complexity index is 275. The summed E-state index contributed by atoms with van der Waals surface area (Å²) in [5.41, 5.74) is 0. The molecule has 6 nitrogen and oxygen atoms in total. The third kappa shape index (κ3) is 2.01. The smallest absolute Gasteiger partial charge is 0.377 e. The van der Waals surface area contributed by atoms with Gasteiger partial charge in [0.15, 0.2) is 0 Å². The quantitative estimate of drug-likeness (QED) is 0.253. The molecule has 0 spiro atoms. The molecule has 1 rings (SSSR count). The highest BCUT2D eigenvalue weighted by Gasteiger charge is 2.30. The average molecular weight is 200 g/mol.